The summed E-state index contributed by atoms with van der Waals surface area (Å²) in [4.78, 5) is 18.6. The van der Waals surface area contributed by atoms with Crippen molar-refractivity contribution < 1.29 is 9.53 Å². The first kappa shape index (κ1) is 13.8. The molecule has 0 unspecified atom stereocenters. The zero-order valence-electron chi connectivity index (χ0n) is 11.4. The van der Waals surface area contributed by atoms with Gasteiger partial charge in [0.25, 0.3) is 0 Å². The van der Waals surface area contributed by atoms with Gasteiger partial charge in [-0.05, 0) is 11.4 Å². The van der Waals surface area contributed by atoms with Crippen LogP contribution in [0.2, 0.25) is 0 Å². The summed E-state index contributed by atoms with van der Waals surface area (Å²) in [7, 11) is 1.26. The number of carbonyl (C=O) groups excluding carboxylic acids is 1. The van der Waals surface area contributed by atoms with Gasteiger partial charge in [-0.15, -0.1) is 0 Å². The predicted octanol–water partition coefficient (Wildman–Crippen LogP) is 2.82. The first-order valence-corrected chi connectivity index (χ1v) is 6.06. The second-order valence-corrected chi connectivity index (χ2v) is 4.66. The number of nitrogens with zero attached hydrogens (tertiary/aromatic N) is 6. The smallest absolute Gasteiger partial charge is 0.339 e. The van der Waals surface area contributed by atoms with E-state index in [1.54, 1.807) is 10.9 Å². The first-order valence-electron chi connectivity index (χ1n) is 6.06. The van der Waals surface area contributed by atoms with E-state index in [0.29, 0.717) is 23.5 Å². The van der Waals surface area contributed by atoms with Crippen molar-refractivity contribution in [3.63, 3.8) is 0 Å². The van der Waals surface area contributed by atoms with Crippen LogP contribution in [0.15, 0.2) is 17.5 Å². The number of carbonyl (C=O) groups is 1. The molecule has 0 N–H and O–H groups in total. The zero-order valence-corrected chi connectivity index (χ0v) is 11.4. The third-order valence-electron chi connectivity index (χ3n) is 2.73. The highest BCUT2D eigenvalue weighted by Crippen LogP contribution is 2.29. The van der Waals surface area contributed by atoms with E-state index in [1.165, 1.54) is 13.3 Å². The van der Waals surface area contributed by atoms with E-state index >= 15 is 0 Å². The molecule has 0 spiro atoms. The summed E-state index contributed by atoms with van der Waals surface area (Å²) >= 11 is 0. The van der Waals surface area contributed by atoms with Gasteiger partial charge < -0.3 is 4.74 Å². The van der Waals surface area contributed by atoms with E-state index in [4.69, 9.17) is 5.53 Å². The topological polar surface area (TPSA) is 106 Å². The van der Waals surface area contributed by atoms with Gasteiger partial charge in [0.05, 0.1) is 24.6 Å². The molecule has 0 saturated carbocycles. The van der Waals surface area contributed by atoms with E-state index in [0.717, 1.165) is 0 Å². The highest BCUT2D eigenvalue weighted by atomic mass is 16.5. The predicted molar refractivity (Wildman–Crippen MR) is 72.5 cm³/mol. The molecule has 0 aliphatic heterocycles. The van der Waals surface area contributed by atoms with Gasteiger partial charge in [0, 0.05) is 23.0 Å². The van der Waals surface area contributed by atoms with E-state index in [-0.39, 0.29) is 11.3 Å². The number of fused-ring (bicyclic) bond motifs is 1. The summed E-state index contributed by atoms with van der Waals surface area (Å²) in [6.07, 6.45) is 2.89. The summed E-state index contributed by atoms with van der Waals surface area (Å²) in [5, 5.41) is 8.34. The fourth-order valence-corrected chi connectivity index (χ4v) is 1.91. The maximum atomic E-state index is 11.7. The number of methoxy groups -OCH3 is 1. The van der Waals surface area contributed by atoms with Crippen molar-refractivity contribution in [1.29, 1.82) is 0 Å². The number of esters is 1. The van der Waals surface area contributed by atoms with Gasteiger partial charge in [-0.1, -0.05) is 19.0 Å². The lowest BCUT2D eigenvalue weighted by Gasteiger charge is -2.07. The second-order valence-electron chi connectivity index (χ2n) is 4.66. The normalized spacial score (nSPS) is 10.6. The fourth-order valence-electron chi connectivity index (χ4n) is 1.91. The Bertz CT molecular complexity index is 699. The summed E-state index contributed by atoms with van der Waals surface area (Å²) in [6.45, 7) is 4.80. The highest BCUT2D eigenvalue weighted by Gasteiger charge is 2.17. The minimum absolute atomic E-state index is 0.127. The maximum Gasteiger partial charge on any atom is 0.339 e. The number of aromatic nitrogens is 3. The number of hydrogen-bond donors (Lipinski definition) is 0. The molecule has 0 aliphatic carbocycles. The Kier molecular flexibility index (Phi) is 3.86. The molecule has 0 saturated heterocycles. The zero-order chi connectivity index (χ0) is 14.7. The number of rotatable bonds is 4. The van der Waals surface area contributed by atoms with Crippen molar-refractivity contribution in [3.8, 4) is 0 Å². The molecule has 0 aliphatic rings. The molecule has 8 heteroatoms. The van der Waals surface area contributed by atoms with Crippen molar-refractivity contribution in [1.82, 2.24) is 14.8 Å². The van der Waals surface area contributed by atoms with Crippen LogP contribution in [-0.4, -0.2) is 27.8 Å². The van der Waals surface area contributed by atoms with E-state index in [1.807, 2.05) is 0 Å². The molecule has 0 amide bonds. The van der Waals surface area contributed by atoms with Crippen molar-refractivity contribution >= 4 is 22.7 Å². The van der Waals surface area contributed by atoms with Gasteiger partial charge in [0.15, 0.2) is 5.65 Å². The van der Waals surface area contributed by atoms with Crippen molar-refractivity contribution in [2.75, 3.05) is 7.11 Å². The average molecular weight is 274 g/mol. The number of ether oxygens (including phenoxy) is 1. The molecule has 8 nitrogen and oxygen atoms in total. The maximum absolute atomic E-state index is 11.7. The van der Waals surface area contributed by atoms with Crippen LogP contribution in [0.3, 0.4) is 0 Å². The Morgan fingerprint density at radius 1 is 1.55 bits per heavy atom. The quantitative estimate of drug-likeness (QED) is 0.370. The van der Waals surface area contributed by atoms with E-state index < -0.39 is 5.97 Å². The van der Waals surface area contributed by atoms with E-state index in [9.17, 15) is 4.79 Å². The molecule has 2 aromatic heterocycles. The molecule has 0 fully saturated rings. The third-order valence-corrected chi connectivity index (χ3v) is 2.73. The van der Waals surface area contributed by atoms with Crippen LogP contribution in [0.25, 0.3) is 21.5 Å². The van der Waals surface area contributed by atoms with Crippen molar-refractivity contribution in [2.24, 2.45) is 11.0 Å². The standard InChI is InChI=1S/C12H14N6O2/c1-7(2)6-18-11-8(5-15-18)10(16-17-13)9(4-14-11)12(19)20-3/h4-5,7H,6H2,1-3H3. The molecule has 104 valence electrons. The van der Waals surface area contributed by atoms with Gasteiger partial charge in [0.1, 0.15) is 0 Å². The van der Waals surface area contributed by atoms with Crippen LogP contribution >= 0.6 is 0 Å². The second kappa shape index (κ2) is 5.58. The fraction of sp³-hybridized carbons (Fsp3) is 0.417. The minimum Gasteiger partial charge on any atom is -0.465 e. The Balaban J connectivity index is 2.67. The summed E-state index contributed by atoms with van der Waals surface area (Å²) in [5.74, 6) is -0.207. The molecule has 2 aromatic rings. The Hall–Kier alpha value is -2.60. The summed E-state index contributed by atoms with van der Waals surface area (Å²) < 4.78 is 6.37. The molecular formula is C12H14N6O2. The van der Waals surface area contributed by atoms with Gasteiger partial charge in [-0.2, -0.15) is 5.10 Å². The molecule has 2 heterocycles. The van der Waals surface area contributed by atoms with Crippen LogP contribution in [0.5, 0.6) is 0 Å². The SMILES string of the molecule is COC(=O)c1cnc2c(cnn2CC(C)C)c1N=[N+]=[N-]. The minimum atomic E-state index is -0.599. The van der Waals surface area contributed by atoms with E-state index in [2.05, 4.69) is 38.7 Å². The van der Waals surface area contributed by atoms with Crippen LogP contribution in [0.4, 0.5) is 5.69 Å². The average Bonchev–Trinajstić information content (AvgIpc) is 2.81. The number of azide groups is 1. The lowest BCUT2D eigenvalue weighted by Crippen LogP contribution is -2.07. The van der Waals surface area contributed by atoms with Crippen LogP contribution in [0.1, 0.15) is 24.2 Å². The van der Waals surface area contributed by atoms with Crippen molar-refractivity contribution in [3.05, 3.63) is 28.4 Å². The summed E-state index contributed by atoms with van der Waals surface area (Å²) in [5.41, 5.74) is 9.57. The van der Waals surface area contributed by atoms with Gasteiger partial charge in [-0.3, -0.25) is 0 Å². The van der Waals surface area contributed by atoms with Crippen molar-refractivity contribution in [2.45, 2.75) is 20.4 Å². The number of pyridine rings is 1. The first-order chi connectivity index (χ1) is 9.58. The molecule has 0 radical (unpaired) electrons. The monoisotopic (exact) mass is 274 g/mol. The lowest BCUT2D eigenvalue weighted by molar-refractivity contribution is 0.0601. The lowest BCUT2D eigenvalue weighted by atomic mass is 10.2. The molecule has 20 heavy (non-hydrogen) atoms. The largest absolute Gasteiger partial charge is 0.465 e. The third kappa shape index (κ3) is 2.41. The van der Waals surface area contributed by atoms with Gasteiger partial charge in [-0.25, -0.2) is 14.5 Å². The molecular weight excluding hydrogens is 260 g/mol. The molecule has 0 atom stereocenters. The van der Waals surface area contributed by atoms with Crippen LogP contribution in [-0.2, 0) is 11.3 Å². The van der Waals surface area contributed by atoms with Crippen LogP contribution < -0.4 is 0 Å². The molecule has 0 aromatic carbocycles. The summed E-state index contributed by atoms with van der Waals surface area (Å²) in [6, 6.07) is 0. The van der Waals surface area contributed by atoms with Gasteiger partial charge in [0.2, 0.25) is 0 Å². The highest BCUT2D eigenvalue weighted by molar-refractivity contribution is 6.02. The molecule has 0 bridgehead atoms. The van der Waals surface area contributed by atoms with Gasteiger partial charge >= 0.3 is 5.97 Å². The van der Waals surface area contributed by atoms with Crippen LogP contribution in [0, 0.1) is 5.92 Å². The Morgan fingerprint density at radius 2 is 2.30 bits per heavy atom. The number of hydrogen-bond acceptors (Lipinski definition) is 5. The molecule has 2 rings (SSSR count). The Morgan fingerprint density at radius 3 is 2.90 bits per heavy atom. The Labute approximate surface area is 115 Å².